The molecule has 1 N–H and O–H groups in total. The molecule has 0 bridgehead atoms. The van der Waals surface area contributed by atoms with Gasteiger partial charge >= 0.3 is 0 Å². The summed E-state index contributed by atoms with van der Waals surface area (Å²) >= 11 is 0. The molecule has 0 saturated carbocycles. The zero-order valence-electron chi connectivity index (χ0n) is 12.6. The van der Waals surface area contributed by atoms with Crippen LogP contribution < -0.4 is 10.1 Å². The quantitative estimate of drug-likeness (QED) is 0.906. The van der Waals surface area contributed by atoms with Gasteiger partial charge in [-0.15, -0.1) is 0 Å². The van der Waals surface area contributed by atoms with Crippen LogP contribution in [0.15, 0.2) is 42.5 Å². The van der Waals surface area contributed by atoms with Gasteiger partial charge < -0.3 is 10.1 Å². The highest BCUT2D eigenvalue weighted by Crippen LogP contribution is 2.39. The van der Waals surface area contributed by atoms with E-state index in [4.69, 9.17) is 4.74 Å². The molecular formula is C18H20FNO. The Balaban J connectivity index is 2.09. The van der Waals surface area contributed by atoms with Crippen molar-refractivity contribution in [3.63, 3.8) is 0 Å². The zero-order valence-corrected chi connectivity index (χ0v) is 12.6. The number of benzene rings is 2. The van der Waals surface area contributed by atoms with Crippen LogP contribution in [-0.2, 0) is 5.41 Å². The predicted octanol–water partition coefficient (Wildman–Crippen LogP) is 3.80. The lowest BCUT2D eigenvalue weighted by molar-refractivity contribution is 0.391. The fourth-order valence-electron chi connectivity index (χ4n) is 3.02. The summed E-state index contributed by atoms with van der Waals surface area (Å²) < 4.78 is 18.5. The average molecular weight is 285 g/mol. The van der Waals surface area contributed by atoms with Crippen LogP contribution in [-0.4, -0.2) is 13.7 Å². The van der Waals surface area contributed by atoms with Crippen LogP contribution in [0.1, 0.15) is 36.6 Å². The summed E-state index contributed by atoms with van der Waals surface area (Å²) in [5.41, 5.74) is 3.65. The molecule has 0 aliphatic carbocycles. The van der Waals surface area contributed by atoms with Crippen molar-refractivity contribution in [2.45, 2.75) is 25.3 Å². The van der Waals surface area contributed by atoms with E-state index in [2.05, 4.69) is 31.3 Å². The molecule has 3 heteroatoms. The Hall–Kier alpha value is -1.87. The monoisotopic (exact) mass is 285 g/mol. The van der Waals surface area contributed by atoms with Gasteiger partial charge in [0, 0.05) is 12.0 Å². The topological polar surface area (TPSA) is 21.3 Å². The molecule has 1 unspecified atom stereocenters. The molecule has 3 rings (SSSR count). The molecule has 2 aromatic carbocycles. The van der Waals surface area contributed by atoms with E-state index in [-0.39, 0.29) is 17.3 Å². The maximum Gasteiger partial charge on any atom is 0.123 e. The minimum atomic E-state index is -0.204. The number of hydrogen-bond donors (Lipinski definition) is 1. The largest absolute Gasteiger partial charge is 0.497 e. The molecule has 110 valence electrons. The van der Waals surface area contributed by atoms with Crippen molar-refractivity contribution in [3.05, 3.63) is 65.0 Å². The van der Waals surface area contributed by atoms with Gasteiger partial charge in [0.25, 0.3) is 0 Å². The number of halogens is 1. The maximum absolute atomic E-state index is 13.1. The van der Waals surface area contributed by atoms with Crippen LogP contribution in [0.4, 0.5) is 4.39 Å². The van der Waals surface area contributed by atoms with Gasteiger partial charge in [-0.05, 0) is 41.0 Å². The summed E-state index contributed by atoms with van der Waals surface area (Å²) in [6, 6.07) is 13.0. The molecule has 2 nitrogen and oxygen atoms in total. The third-order valence-electron chi connectivity index (χ3n) is 4.25. The van der Waals surface area contributed by atoms with Crippen molar-refractivity contribution < 1.29 is 9.13 Å². The lowest BCUT2D eigenvalue weighted by Crippen LogP contribution is -2.42. The van der Waals surface area contributed by atoms with Crippen molar-refractivity contribution in [2.75, 3.05) is 13.7 Å². The number of ether oxygens (including phenoxy) is 1. The van der Waals surface area contributed by atoms with Crippen LogP contribution in [0.2, 0.25) is 0 Å². The van der Waals surface area contributed by atoms with E-state index in [1.165, 1.54) is 23.3 Å². The molecule has 1 atom stereocenters. The second-order valence-electron chi connectivity index (χ2n) is 6.20. The fraction of sp³-hybridized carbons (Fsp3) is 0.333. The molecule has 0 fully saturated rings. The summed E-state index contributed by atoms with van der Waals surface area (Å²) in [4.78, 5) is 0. The summed E-state index contributed by atoms with van der Waals surface area (Å²) in [5.74, 6) is 0.673. The SMILES string of the molecule is COc1ccc2c(c1)C(C)(C)CNC2c1ccc(F)cc1. The van der Waals surface area contributed by atoms with Crippen LogP contribution >= 0.6 is 0 Å². The standard InChI is InChI=1S/C18H20FNO/c1-18(2)11-20-17(12-4-6-13(19)7-5-12)15-9-8-14(21-3)10-16(15)18/h4-10,17,20H,11H2,1-3H3. The summed E-state index contributed by atoms with van der Waals surface area (Å²) in [7, 11) is 1.69. The number of nitrogens with one attached hydrogen (secondary N) is 1. The molecule has 2 aromatic rings. The third kappa shape index (κ3) is 2.54. The fourth-order valence-corrected chi connectivity index (χ4v) is 3.02. The highest BCUT2D eigenvalue weighted by atomic mass is 19.1. The van der Waals surface area contributed by atoms with E-state index < -0.39 is 0 Å². The van der Waals surface area contributed by atoms with E-state index in [0.29, 0.717) is 0 Å². The maximum atomic E-state index is 13.1. The Kier molecular flexibility index (Phi) is 3.46. The zero-order chi connectivity index (χ0) is 15.0. The molecule has 1 heterocycles. The smallest absolute Gasteiger partial charge is 0.123 e. The summed E-state index contributed by atoms with van der Waals surface area (Å²) in [6.07, 6.45) is 0. The number of rotatable bonds is 2. The van der Waals surface area contributed by atoms with Crippen LogP contribution in [0.25, 0.3) is 0 Å². The Morgan fingerprint density at radius 2 is 1.86 bits per heavy atom. The predicted molar refractivity (Wildman–Crippen MR) is 82.3 cm³/mol. The van der Waals surface area contributed by atoms with Gasteiger partial charge in [0.2, 0.25) is 0 Å². The molecule has 1 aliphatic heterocycles. The number of hydrogen-bond acceptors (Lipinski definition) is 2. The Morgan fingerprint density at radius 1 is 1.14 bits per heavy atom. The Morgan fingerprint density at radius 3 is 2.52 bits per heavy atom. The average Bonchev–Trinajstić information content (AvgIpc) is 2.48. The van der Waals surface area contributed by atoms with Gasteiger partial charge in [-0.1, -0.05) is 32.0 Å². The highest BCUT2D eigenvalue weighted by molar-refractivity contribution is 5.47. The molecule has 0 aromatic heterocycles. The minimum Gasteiger partial charge on any atom is -0.497 e. The van der Waals surface area contributed by atoms with Crippen LogP contribution in [0.5, 0.6) is 5.75 Å². The van der Waals surface area contributed by atoms with Crippen molar-refractivity contribution in [1.29, 1.82) is 0 Å². The lowest BCUT2D eigenvalue weighted by atomic mass is 9.75. The Bertz CT molecular complexity index is 649. The first-order valence-electron chi connectivity index (χ1n) is 7.18. The first-order chi connectivity index (χ1) is 10.0. The van der Waals surface area contributed by atoms with E-state index >= 15 is 0 Å². The van der Waals surface area contributed by atoms with Gasteiger partial charge in [-0.3, -0.25) is 0 Å². The first kappa shape index (κ1) is 14.1. The van der Waals surface area contributed by atoms with Gasteiger partial charge in [0.15, 0.2) is 0 Å². The lowest BCUT2D eigenvalue weighted by Gasteiger charge is -2.38. The van der Waals surface area contributed by atoms with Gasteiger partial charge in [0.05, 0.1) is 13.2 Å². The summed E-state index contributed by atoms with van der Waals surface area (Å²) in [6.45, 7) is 5.31. The van der Waals surface area contributed by atoms with Crippen molar-refractivity contribution >= 4 is 0 Å². The van der Waals surface area contributed by atoms with Crippen LogP contribution in [0.3, 0.4) is 0 Å². The number of fused-ring (bicyclic) bond motifs is 1. The Labute approximate surface area is 125 Å². The van der Waals surface area contributed by atoms with Crippen molar-refractivity contribution in [3.8, 4) is 5.75 Å². The molecule has 21 heavy (non-hydrogen) atoms. The van der Waals surface area contributed by atoms with Crippen LogP contribution in [0, 0.1) is 5.82 Å². The van der Waals surface area contributed by atoms with Crippen molar-refractivity contribution in [2.24, 2.45) is 0 Å². The molecule has 0 spiro atoms. The van der Waals surface area contributed by atoms with E-state index in [0.717, 1.165) is 17.9 Å². The van der Waals surface area contributed by atoms with Gasteiger partial charge in [0.1, 0.15) is 11.6 Å². The van der Waals surface area contributed by atoms with Gasteiger partial charge in [-0.25, -0.2) is 4.39 Å². The van der Waals surface area contributed by atoms with Crippen molar-refractivity contribution in [1.82, 2.24) is 5.32 Å². The first-order valence-corrected chi connectivity index (χ1v) is 7.18. The second-order valence-corrected chi connectivity index (χ2v) is 6.20. The molecule has 0 saturated heterocycles. The van der Waals surface area contributed by atoms with E-state index in [1.807, 2.05) is 18.2 Å². The molecule has 0 radical (unpaired) electrons. The summed E-state index contributed by atoms with van der Waals surface area (Å²) in [5, 5.41) is 3.58. The highest BCUT2D eigenvalue weighted by Gasteiger charge is 2.33. The molecular weight excluding hydrogens is 265 g/mol. The number of methoxy groups -OCH3 is 1. The van der Waals surface area contributed by atoms with E-state index in [1.54, 1.807) is 7.11 Å². The second kappa shape index (κ2) is 5.15. The van der Waals surface area contributed by atoms with Gasteiger partial charge in [-0.2, -0.15) is 0 Å². The molecule has 1 aliphatic rings. The minimum absolute atomic E-state index is 0.0421. The normalized spacial score (nSPS) is 19.9. The third-order valence-corrected chi connectivity index (χ3v) is 4.25. The molecule has 0 amide bonds. The van der Waals surface area contributed by atoms with E-state index in [9.17, 15) is 4.39 Å².